The third-order valence-corrected chi connectivity index (χ3v) is 8.05. The Hall–Kier alpha value is -2.30. The fourth-order valence-electron chi connectivity index (χ4n) is 3.64. The molecule has 0 radical (unpaired) electrons. The van der Waals surface area contributed by atoms with E-state index in [4.69, 9.17) is 9.97 Å². The Morgan fingerprint density at radius 1 is 1.00 bits per heavy atom. The van der Waals surface area contributed by atoms with Gasteiger partial charge in [0.2, 0.25) is 17.8 Å². The van der Waals surface area contributed by atoms with Crippen LogP contribution in [-0.4, -0.2) is 75.3 Å². The van der Waals surface area contributed by atoms with Crippen LogP contribution in [0.25, 0.3) is 0 Å². The van der Waals surface area contributed by atoms with Gasteiger partial charge < -0.3 is 20.4 Å². The monoisotopic (exact) mass is 454 g/mol. The Morgan fingerprint density at radius 3 is 2.58 bits per heavy atom. The summed E-state index contributed by atoms with van der Waals surface area (Å²) in [6, 6.07) is 9.97. The Balaban J connectivity index is 1.33. The summed E-state index contributed by atoms with van der Waals surface area (Å²) < 4.78 is 0. The number of nitrogens with zero attached hydrogens (tertiary/aromatic N) is 6. The van der Waals surface area contributed by atoms with Gasteiger partial charge in [0.05, 0.1) is 5.25 Å². The molecule has 8 nitrogen and oxygen atoms in total. The molecular weight excluding hydrogens is 428 g/mol. The van der Waals surface area contributed by atoms with Gasteiger partial charge in [-0.3, -0.25) is 4.99 Å². The van der Waals surface area contributed by atoms with Crippen LogP contribution in [0, 0.1) is 0 Å². The molecule has 0 spiro atoms. The van der Waals surface area contributed by atoms with Crippen molar-refractivity contribution in [3.05, 3.63) is 41.8 Å². The molecule has 10 heteroatoms. The molecule has 1 aromatic heterocycles. The molecule has 3 aliphatic heterocycles. The van der Waals surface area contributed by atoms with Crippen molar-refractivity contribution in [2.75, 3.05) is 48.8 Å². The number of aromatic nitrogens is 3. The number of aliphatic imine (C=N–C) groups is 1. The topological polar surface area (TPSA) is 81.6 Å². The number of benzene rings is 1. The molecule has 0 bridgehead atoms. The number of para-hydroxylation sites is 1. The molecule has 2 N–H and O–H groups in total. The summed E-state index contributed by atoms with van der Waals surface area (Å²) in [5.41, 5.74) is 0.863. The van der Waals surface area contributed by atoms with Crippen LogP contribution in [0.4, 0.5) is 23.5 Å². The summed E-state index contributed by atoms with van der Waals surface area (Å²) in [5, 5.41) is 9.88. The van der Waals surface area contributed by atoms with Crippen molar-refractivity contribution in [2.24, 2.45) is 4.99 Å². The second kappa shape index (κ2) is 9.46. The highest BCUT2D eigenvalue weighted by Crippen LogP contribution is 2.37. The second-order valence-corrected chi connectivity index (χ2v) is 10.2. The molecule has 1 fully saturated rings. The quantitative estimate of drug-likeness (QED) is 0.683. The number of hydrogen-bond acceptors (Lipinski definition) is 10. The van der Waals surface area contributed by atoms with Gasteiger partial charge in [-0.25, -0.2) is 0 Å². The molecule has 0 amide bonds. The van der Waals surface area contributed by atoms with Gasteiger partial charge in [0, 0.05) is 43.3 Å². The molecule has 4 heterocycles. The first kappa shape index (κ1) is 20.6. The lowest BCUT2D eigenvalue weighted by molar-refractivity contribution is 0.311. The van der Waals surface area contributed by atoms with Crippen molar-refractivity contribution < 1.29 is 0 Å². The average molecular weight is 455 g/mol. The maximum Gasteiger partial charge on any atom is 0.233 e. The molecule has 3 atom stereocenters. The van der Waals surface area contributed by atoms with E-state index in [1.54, 1.807) is 0 Å². The smallest absolute Gasteiger partial charge is 0.233 e. The van der Waals surface area contributed by atoms with E-state index < -0.39 is 0 Å². The Kier molecular flexibility index (Phi) is 6.28. The number of rotatable bonds is 6. The minimum atomic E-state index is -0.0847. The summed E-state index contributed by atoms with van der Waals surface area (Å²) in [6.45, 7) is 3.78. The second-order valence-electron chi connectivity index (χ2n) is 7.74. The summed E-state index contributed by atoms with van der Waals surface area (Å²) in [6.07, 6.45) is 5.41. The Morgan fingerprint density at radius 2 is 1.81 bits per heavy atom. The molecule has 3 aliphatic rings. The van der Waals surface area contributed by atoms with E-state index in [0.717, 1.165) is 38.3 Å². The maximum atomic E-state index is 4.74. The van der Waals surface area contributed by atoms with Crippen LogP contribution < -0.4 is 15.5 Å². The number of anilines is 4. The molecule has 0 aliphatic carbocycles. The number of likely N-dealkylation sites (N-methyl/N-ethyl adjacent to an activating group) is 1. The minimum absolute atomic E-state index is 0.0847. The van der Waals surface area contributed by atoms with Gasteiger partial charge in [0.1, 0.15) is 0 Å². The largest absolute Gasteiger partial charge is 0.338 e. The summed E-state index contributed by atoms with van der Waals surface area (Å²) >= 11 is 3.71. The number of hydrogen-bond donors (Lipinski definition) is 2. The Labute approximate surface area is 191 Å². The highest BCUT2D eigenvalue weighted by molar-refractivity contribution is 8.06. The van der Waals surface area contributed by atoms with Crippen molar-refractivity contribution in [3.63, 3.8) is 0 Å². The molecule has 5 rings (SSSR count). The van der Waals surface area contributed by atoms with Gasteiger partial charge in [-0.1, -0.05) is 24.3 Å². The van der Waals surface area contributed by atoms with Gasteiger partial charge in [-0.2, -0.15) is 15.0 Å². The molecule has 1 saturated heterocycles. The molecule has 1 aromatic carbocycles. The van der Waals surface area contributed by atoms with Crippen LogP contribution in [0.2, 0.25) is 0 Å². The Bertz CT molecular complexity index is 938. The summed E-state index contributed by atoms with van der Waals surface area (Å²) in [4.78, 5) is 23.3. The lowest BCUT2D eigenvalue weighted by atomic mass is 10.2. The molecule has 2 aromatic rings. The van der Waals surface area contributed by atoms with Crippen molar-refractivity contribution >= 4 is 53.3 Å². The maximum absolute atomic E-state index is 4.74. The van der Waals surface area contributed by atoms with Crippen LogP contribution in [0.3, 0.4) is 0 Å². The van der Waals surface area contributed by atoms with E-state index >= 15 is 0 Å². The van der Waals surface area contributed by atoms with Gasteiger partial charge in [-0.05, 0) is 31.0 Å². The van der Waals surface area contributed by atoms with Crippen LogP contribution in [0.1, 0.15) is 6.42 Å². The number of nitrogens with one attached hydrogen (secondary N) is 2. The first-order valence-electron chi connectivity index (χ1n) is 10.5. The first-order chi connectivity index (χ1) is 15.2. The SMILES string of the molecule is CN1CCN(c2nc(Nc3ccccc3)nc(NC3N=CC(C4CC=CS4)S3)n2)CC1. The first-order valence-corrected chi connectivity index (χ1v) is 12.4. The number of thioether (sulfide) groups is 2. The average Bonchev–Trinajstić information content (AvgIpc) is 3.47. The van der Waals surface area contributed by atoms with Crippen LogP contribution in [0.5, 0.6) is 0 Å². The molecule has 0 saturated carbocycles. The number of piperazine rings is 1. The molecular formula is C21H26N8S2. The van der Waals surface area contributed by atoms with E-state index in [9.17, 15) is 0 Å². The molecule has 3 unspecified atom stereocenters. The summed E-state index contributed by atoms with van der Waals surface area (Å²) in [5.74, 6) is 1.79. The zero-order chi connectivity index (χ0) is 21.0. The zero-order valence-electron chi connectivity index (χ0n) is 17.4. The van der Waals surface area contributed by atoms with E-state index in [0.29, 0.717) is 28.3 Å². The predicted molar refractivity (Wildman–Crippen MR) is 132 cm³/mol. The van der Waals surface area contributed by atoms with E-state index in [-0.39, 0.29) is 5.50 Å². The van der Waals surface area contributed by atoms with Gasteiger partial charge in [0.25, 0.3) is 0 Å². The van der Waals surface area contributed by atoms with Crippen molar-refractivity contribution in [1.29, 1.82) is 0 Å². The fourth-order valence-corrected chi connectivity index (χ4v) is 5.94. The van der Waals surface area contributed by atoms with Crippen molar-refractivity contribution in [2.45, 2.75) is 22.4 Å². The highest BCUT2D eigenvalue weighted by atomic mass is 32.2. The molecule has 162 valence electrons. The number of allylic oxidation sites excluding steroid dienone is 1. The van der Waals surface area contributed by atoms with E-state index in [1.807, 2.05) is 53.9 Å². The predicted octanol–water partition coefficient (Wildman–Crippen LogP) is 3.27. The van der Waals surface area contributed by atoms with Crippen LogP contribution >= 0.6 is 23.5 Å². The lowest BCUT2D eigenvalue weighted by Crippen LogP contribution is -2.45. The third kappa shape index (κ3) is 5.13. The fraction of sp³-hybridized carbons (Fsp3) is 0.429. The molecule has 31 heavy (non-hydrogen) atoms. The highest BCUT2D eigenvalue weighted by Gasteiger charge is 2.30. The van der Waals surface area contributed by atoms with Crippen LogP contribution in [0.15, 0.2) is 46.8 Å². The van der Waals surface area contributed by atoms with Crippen molar-refractivity contribution in [1.82, 2.24) is 19.9 Å². The van der Waals surface area contributed by atoms with E-state index in [2.05, 4.69) is 55.2 Å². The summed E-state index contributed by atoms with van der Waals surface area (Å²) in [7, 11) is 2.14. The van der Waals surface area contributed by atoms with E-state index in [1.165, 1.54) is 0 Å². The van der Waals surface area contributed by atoms with Crippen LogP contribution in [-0.2, 0) is 0 Å². The zero-order valence-corrected chi connectivity index (χ0v) is 19.0. The standard InChI is InChI=1S/C21H26N8S2/c1-28-9-11-29(12-10-28)20-25-18(23-15-6-3-2-4-7-15)24-19(26-20)27-21-22-14-17(31-21)16-8-5-13-30-16/h2-7,13-14,16-17,21H,8-12H2,1H3,(H2,23,24,25,26,27). The van der Waals surface area contributed by atoms with Crippen molar-refractivity contribution in [3.8, 4) is 0 Å². The van der Waals surface area contributed by atoms with Gasteiger partial charge in [0.15, 0.2) is 5.50 Å². The van der Waals surface area contributed by atoms with Gasteiger partial charge >= 0.3 is 0 Å². The third-order valence-electron chi connectivity index (χ3n) is 5.43. The van der Waals surface area contributed by atoms with Gasteiger partial charge in [-0.15, -0.1) is 23.5 Å². The minimum Gasteiger partial charge on any atom is -0.338 e. The normalized spacial score (nSPS) is 25.8. The lowest BCUT2D eigenvalue weighted by Gasteiger charge is -2.32.